The van der Waals surface area contributed by atoms with Gasteiger partial charge in [-0.3, -0.25) is 14.8 Å². The number of thioether (sulfide) groups is 1. The lowest BCUT2D eigenvalue weighted by atomic mass is 10.3. The summed E-state index contributed by atoms with van der Waals surface area (Å²) >= 11 is 0.946. The van der Waals surface area contributed by atoms with Crippen molar-refractivity contribution in [2.75, 3.05) is 18.1 Å². The van der Waals surface area contributed by atoms with Crippen molar-refractivity contribution in [3.63, 3.8) is 0 Å². The van der Waals surface area contributed by atoms with Gasteiger partial charge in [0.15, 0.2) is 0 Å². The second-order valence-corrected chi connectivity index (χ2v) is 6.20. The Balaban J connectivity index is 2.74. The van der Waals surface area contributed by atoms with E-state index in [9.17, 15) is 18.0 Å². The fourth-order valence-corrected chi connectivity index (χ4v) is 2.71. The van der Waals surface area contributed by atoms with Gasteiger partial charge in [-0.05, 0) is 26.0 Å². The molecule has 0 saturated carbocycles. The number of carbonyl (C=O) groups excluding carboxylic acids is 1. The summed E-state index contributed by atoms with van der Waals surface area (Å²) in [5.74, 6) is -0.523. The van der Waals surface area contributed by atoms with E-state index in [1.807, 2.05) is 0 Å². The highest BCUT2D eigenvalue weighted by atomic mass is 32.2. The molecule has 1 heterocycles. The number of amides is 1. The number of halogens is 3. The number of alkyl halides is 3. The van der Waals surface area contributed by atoms with Gasteiger partial charge in [0.2, 0.25) is 5.91 Å². The topological polar surface area (TPSA) is 71.6 Å². The summed E-state index contributed by atoms with van der Waals surface area (Å²) < 4.78 is 36.4. The Morgan fingerprint density at radius 1 is 1.48 bits per heavy atom. The lowest BCUT2D eigenvalue weighted by Crippen LogP contribution is -2.34. The SMILES string of the molecule is CCN(C(=O)CSCCC(F)(F)F)C(C=Nc1cccnc1)=C(C)N. The van der Waals surface area contributed by atoms with Crippen LogP contribution in [0.5, 0.6) is 0 Å². The first-order valence-electron chi connectivity index (χ1n) is 7.60. The van der Waals surface area contributed by atoms with Crippen LogP contribution < -0.4 is 5.73 Å². The summed E-state index contributed by atoms with van der Waals surface area (Å²) in [5, 5.41) is 0. The molecule has 1 aromatic rings. The molecule has 0 unspecified atom stereocenters. The molecule has 0 spiro atoms. The highest BCUT2D eigenvalue weighted by molar-refractivity contribution is 7.99. The maximum Gasteiger partial charge on any atom is 0.389 e. The van der Waals surface area contributed by atoms with Gasteiger partial charge in [-0.15, -0.1) is 0 Å². The number of carbonyl (C=O) groups is 1. The normalized spacial score (nSPS) is 13.0. The zero-order valence-electron chi connectivity index (χ0n) is 14.1. The molecule has 25 heavy (non-hydrogen) atoms. The predicted octanol–water partition coefficient (Wildman–Crippen LogP) is 3.51. The molecule has 5 nitrogen and oxygen atoms in total. The standard InChI is InChI=1S/C16H21F3N4OS/c1-3-23(15(24)11-25-8-6-16(17,18)19)14(12(2)20)10-22-13-5-4-7-21-9-13/h4-5,7,9-10H,3,6,8,11,20H2,1-2H3. The van der Waals surface area contributed by atoms with Crippen LogP contribution >= 0.6 is 11.8 Å². The molecule has 0 aliphatic heterocycles. The van der Waals surface area contributed by atoms with Crippen LogP contribution in [0, 0.1) is 0 Å². The molecule has 9 heteroatoms. The highest BCUT2D eigenvalue weighted by Gasteiger charge is 2.26. The summed E-state index contributed by atoms with van der Waals surface area (Å²) in [4.78, 5) is 21.9. The predicted molar refractivity (Wildman–Crippen MR) is 94.7 cm³/mol. The Bertz CT molecular complexity index is 614. The number of allylic oxidation sites excluding steroid dienone is 2. The van der Waals surface area contributed by atoms with Crippen molar-refractivity contribution in [1.82, 2.24) is 9.88 Å². The summed E-state index contributed by atoms with van der Waals surface area (Å²) in [6.07, 6.45) is -0.489. The molecule has 0 saturated heterocycles. The van der Waals surface area contributed by atoms with Gasteiger partial charge in [0, 0.05) is 24.2 Å². The first-order valence-corrected chi connectivity index (χ1v) is 8.75. The fourth-order valence-electron chi connectivity index (χ4n) is 1.86. The van der Waals surface area contributed by atoms with Crippen molar-refractivity contribution in [2.45, 2.75) is 26.4 Å². The minimum Gasteiger partial charge on any atom is -0.401 e. The average Bonchev–Trinajstić information content (AvgIpc) is 2.55. The number of nitrogens with two attached hydrogens (primary N) is 1. The van der Waals surface area contributed by atoms with Crippen LogP contribution in [0.15, 0.2) is 40.9 Å². The van der Waals surface area contributed by atoms with Crippen LogP contribution in [0.4, 0.5) is 18.9 Å². The molecule has 0 bridgehead atoms. The molecule has 138 valence electrons. The highest BCUT2D eigenvalue weighted by Crippen LogP contribution is 2.22. The second-order valence-electron chi connectivity index (χ2n) is 5.09. The van der Waals surface area contributed by atoms with Crippen molar-refractivity contribution in [2.24, 2.45) is 10.7 Å². The zero-order valence-corrected chi connectivity index (χ0v) is 14.9. The lowest BCUT2D eigenvalue weighted by Gasteiger charge is -2.22. The van der Waals surface area contributed by atoms with E-state index in [1.165, 1.54) is 11.1 Å². The first kappa shape index (κ1) is 21.0. The monoisotopic (exact) mass is 374 g/mol. The summed E-state index contributed by atoms with van der Waals surface area (Å²) in [6, 6.07) is 3.48. The maximum atomic E-state index is 12.3. The average molecular weight is 374 g/mol. The van der Waals surface area contributed by atoms with Gasteiger partial charge in [0.25, 0.3) is 0 Å². The quantitative estimate of drug-likeness (QED) is 0.558. The molecule has 1 aromatic heterocycles. The van der Waals surface area contributed by atoms with Crippen LogP contribution in [-0.2, 0) is 4.79 Å². The maximum absolute atomic E-state index is 12.3. The minimum atomic E-state index is -4.21. The summed E-state index contributed by atoms with van der Waals surface area (Å²) in [6.45, 7) is 3.73. The van der Waals surface area contributed by atoms with Crippen molar-refractivity contribution in [3.05, 3.63) is 35.9 Å². The van der Waals surface area contributed by atoms with Gasteiger partial charge >= 0.3 is 6.18 Å². The second kappa shape index (κ2) is 10.1. The van der Waals surface area contributed by atoms with Crippen LogP contribution in [0.1, 0.15) is 20.3 Å². The molecule has 0 fully saturated rings. The van der Waals surface area contributed by atoms with Gasteiger partial charge in [-0.1, -0.05) is 0 Å². The third kappa shape index (κ3) is 8.06. The molecule has 1 rings (SSSR count). The van der Waals surface area contributed by atoms with Gasteiger partial charge in [0.1, 0.15) is 0 Å². The van der Waals surface area contributed by atoms with E-state index >= 15 is 0 Å². The fraction of sp³-hybridized carbons (Fsp3) is 0.438. The third-order valence-corrected chi connectivity index (χ3v) is 3.99. The van der Waals surface area contributed by atoms with E-state index in [-0.39, 0.29) is 17.4 Å². The Morgan fingerprint density at radius 3 is 2.72 bits per heavy atom. The van der Waals surface area contributed by atoms with Gasteiger partial charge < -0.3 is 10.6 Å². The Hall–Kier alpha value is -2.03. The van der Waals surface area contributed by atoms with Crippen LogP contribution in [0.3, 0.4) is 0 Å². The van der Waals surface area contributed by atoms with Crippen LogP contribution in [0.25, 0.3) is 0 Å². The molecule has 0 aromatic carbocycles. The van der Waals surface area contributed by atoms with E-state index in [0.717, 1.165) is 11.8 Å². The van der Waals surface area contributed by atoms with Crippen molar-refractivity contribution in [3.8, 4) is 0 Å². The minimum absolute atomic E-state index is 0.0541. The number of hydrogen-bond acceptors (Lipinski definition) is 5. The molecule has 0 aliphatic rings. The number of aromatic nitrogens is 1. The number of aliphatic imine (C=N–C) groups is 1. The first-order chi connectivity index (χ1) is 11.7. The van der Waals surface area contributed by atoms with Crippen molar-refractivity contribution in [1.29, 1.82) is 0 Å². The molecule has 0 aliphatic carbocycles. The largest absolute Gasteiger partial charge is 0.401 e. The van der Waals surface area contributed by atoms with Gasteiger partial charge in [-0.25, -0.2) is 0 Å². The van der Waals surface area contributed by atoms with E-state index in [1.54, 1.807) is 38.4 Å². The third-order valence-electron chi connectivity index (χ3n) is 3.05. The van der Waals surface area contributed by atoms with E-state index < -0.39 is 12.6 Å². The Labute approximate surface area is 149 Å². The van der Waals surface area contributed by atoms with Crippen molar-refractivity contribution >= 4 is 29.6 Å². The molecule has 2 N–H and O–H groups in total. The number of rotatable bonds is 8. The summed E-state index contributed by atoms with van der Waals surface area (Å²) in [5.41, 5.74) is 7.27. The van der Waals surface area contributed by atoms with E-state index in [0.29, 0.717) is 23.6 Å². The Kier molecular flexibility index (Phi) is 8.47. The number of pyridine rings is 1. The smallest absolute Gasteiger partial charge is 0.389 e. The van der Waals surface area contributed by atoms with E-state index in [2.05, 4.69) is 9.98 Å². The van der Waals surface area contributed by atoms with E-state index in [4.69, 9.17) is 5.73 Å². The molecule has 1 amide bonds. The summed E-state index contributed by atoms with van der Waals surface area (Å²) in [7, 11) is 0. The van der Waals surface area contributed by atoms with Crippen LogP contribution in [-0.4, -0.2) is 46.2 Å². The lowest BCUT2D eigenvalue weighted by molar-refractivity contribution is -0.130. The van der Waals surface area contributed by atoms with Crippen LogP contribution in [0.2, 0.25) is 0 Å². The molecular formula is C16H21F3N4OS. The number of nitrogens with zero attached hydrogens (tertiary/aromatic N) is 3. The molecular weight excluding hydrogens is 353 g/mol. The molecule has 0 radical (unpaired) electrons. The van der Waals surface area contributed by atoms with Gasteiger partial charge in [0.05, 0.1) is 36.0 Å². The Morgan fingerprint density at radius 2 is 2.20 bits per heavy atom. The number of hydrogen-bond donors (Lipinski definition) is 1. The van der Waals surface area contributed by atoms with Crippen molar-refractivity contribution < 1.29 is 18.0 Å². The van der Waals surface area contributed by atoms with Gasteiger partial charge in [-0.2, -0.15) is 24.9 Å². The molecule has 0 atom stereocenters. The zero-order chi connectivity index (χ0) is 18.9.